The van der Waals surface area contributed by atoms with Crippen LogP contribution >= 0.6 is 34.2 Å². The first-order valence-electron chi connectivity index (χ1n) is 10.3. The highest BCUT2D eigenvalue weighted by molar-refractivity contribution is 14.1. The first-order chi connectivity index (χ1) is 15.4. The molecule has 2 fully saturated rings. The molecule has 32 heavy (non-hydrogen) atoms. The van der Waals surface area contributed by atoms with E-state index in [4.69, 9.17) is 16.3 Å². The lowest BCUT2D eigenvalue weighted by Gasteiger charge is -2.41. The van der Waals surface area contributed by atoms with Crippen molar-refractivity contribution < 1.29 is 20.1 Å². The zero-order chi connectivity index (χ0) is 22.6. The van der Waals surface area contributed by atoms with E-state index in [0.29, 0.717) is 28.3 Å². The minimum Gasteiger partial charge on any atom is -0.394 e. The van der Waals surface area contributed by atoms with Crippen molar-refractivity contribution in [2.24, 2.45) is 0 Å². The summed E-state index contributed by atoms with van der Waals surface area (Å²) in [4.78, 5) is 9.06. The van der Waals surface area contributed by atoms with Crippen molar-refractivity contribution in [3.63, 3.8) is 0 Å². The first kappa shape index (κ1) is 22.2. The van der Waals surface area contributed by atoms with E-state index >= 15 is 0 Å². The average Bonchev–Trinajstić information content (AvgIpc) is 3.40. The Morgan fingerprint density at radius 2 is 2.03 bits per heavy atom. The standard InChI is InChI=1S/C20H22ClIN6O4/c1-9-25-20(28(26-9)13-4-11(21)5-23-15(13)10-2-3-10)19-18(31)16(17(30)14(8-29)32-19)27-7-12(22)6-24-27/h4-7,10,14,16-19,29-31H,2-3,8H2,1H3/t14?,16-,17-,18?,19+/m0/s1. The maximum absolute atomic E-state index is 11.3. The van der Waals surface area contributed by atoms with E-state index in [1.807, 2.05) is 0 Å². The highest BCUT2D eigenvalue weighted by Crippen LogP contribution is 2.43. The maximum atomic E-state index is 11.3. The second-order valence-electron chi connectivity index (χ2n) is 8.15. The van der Waals surface area contributed by atoms with Crippen molar-refractivity contribution in [1.29, 1.82) is 0 Å². The van der Waals surface area contributed by atoms with Crippen LogP contribution in [0.4, 0.5) is 0 Å². The fraction of sp³-hybridized carbons (Fsp3) is 0.500. The van der Waals surface area contributed by atoms with Crippen molar-refractivity contribution >= 4 is 34.2 Å². The summed E-state index contributed by atoms with van der Waals surface area (Å²) < 4.78 is 9.91. The molecule has 1 aliphatic carbocycles. The number of hydrogen-bond donors (Lipinski definition) is 3. The Balaban J connectivity index is 1.60. The molecule has 1 saturated heterocycles. The van der Waals surface area contributed by atoms with Crippen molar-refractivity contribution in [3.8, 4) is 5.69 Å². The monoisotopic (exact) mass is 572 g/mol. The summed E-state index contributed by atoms with van der Waals surface area (Å²) >= 11 is 8.36. The van der Waals surface area contributed by atoms with Gasteiger partial charge in [-0.2, -0.15) is 10.2 Å². The molecule has 2 unspecified atom stereocenters. The number of ether oxygens (including phenoxy) is 1. The molecule has 5 atom stereocenters. The highest BCUT2D eigenvalue weighted by atomic mass is 127. The molecule has 170 valence electrons. The summed E-state index contributed by atoms with van der Waals surface area (Å²) in [5.74, 6) is 1.15. The van der Waals surface area contributed by atoms with Crippen LogP contribution in [0, 0.1) is 10.5 Å². The molecule has 3 aromatic heterocycles. The molecule has 5 rings (SSSR count). The molecule has 12 heteroatoms. The lowest BCUT2D eigenvalue weighted by Crippen LogP contribution is -2.53. The molecule has 2 aliphatic rings. The molecule has 3 aromatic rings. The minimum atomic E-state index is -1.21. The number of aliphatic hydroxyl groups is 3. The second kappa shape index (κ2) is 8.61. The fourth-order valence-corrected chi connectivity index (χ4v) is 4.74. The quantitative estimate of drug-likeness (QED) is 0.394. The van der Waals surface area contributed by atoms with Crippen molar-refractivity contribution in [2.75, 3.05) is 6.61 Å². The Morgan fingerprint density at radius 1 is 1.25 bits per heavy atom. The molecule has 1 aliphatic heterocycles. The number of pyridine rings is 1. The second-order valence-corrected chi connectivity index (χ2v) is 9.83. The number of aryl methyl sites for hydroxylation is 1. The van der Waals surface area contributed by atoms with E-state index in [1.54, 1.807) is 36.3 Å². The van der Waals surface area contributed by atoms with E-state index in [-0.39, 0.29) is 0 Å². The molecule has 0 bridgehead atoms. The van der Waals surface area contributed by atoms with Gasteiger partial charge in [0.2, 0.25) is 0 Å². The van der Waals surface area contributed by atoms with Crippen molar-refractivity contribution in [3.05, 3.63) is 50.6 Å². The van der Waals surface area contributed by atoms with E-state index in [2.05, 4.69) is 42.8 Å². The van der Waals surface area contributed by atoms with Crippen molar-refractivity contribution in [1.82, 2.24) is 29.5 Å². The van der Waals surface area contributed by atoms with Gasteiger partial charge >= 0.3 is 0 Å². The number of nitrogens with zero attached hydrogens (tertiary/aromatic N) is 6. The Bertz CT molecular complexity index is 1140. The van der Waals surface area contributed by atoms with E-state index in [0.717, 1.165) is 22.1 Å². The lowest BCUT2D eigenvalue weighted by atomic mass is 9.92. The van der Waals surface area contributed by atoms with Gasteiger partial charge in [-0.3, -0.25) is 9.67 Å². The van der Waals surface area contributed by atoms with Gasteiger partial charge < -0.3 is 20.1 Å². The molecule has 0 amide bonds. The number of aliphatic hydroxyl groups excluding tert-OH is 3. The summed E-state index contributed by atoms with van der Waals surface area (Å²) in [6.07, 6.45) is 2.73. The Hall–Kier alpha value is -1.64. The highest BCUT2D eigenvalue weighted by Gasteiger charge is 2.48. The molecule has 0 aromatic carbocycles. The van der Waals surface area contributed by atoms with Gasteiger partial charge in [-0.25, -0.2) is 9.67 Å². The van der Waals surface area contributed by atoms with E-state index in [1.165, 1.54) is 4.68 Å². The third kappa shape index (κ3) is 3.94. The largest absolute Gasteiger partial charge is 0.394 e. The van der Waals surface area contributed by atoms with Crippen LogP contribution in [0.3, 0.4) is 0 Å². The topological polar surface area (TPSA) is 131 Å². The van der Waals surface area contributed by atoms with Gasteiger partial charge in [-0.1, -0.05) is 11.6 Å². The van der Waals surface area contributed by atoms with E-state index in [9.17, 15) is 15.3 Å². The molecule has 1 saturated carbocycles. The average molecular weight is 573 g/mol. The number of aromatic nitrogens is 6. The smallest absolute Gasteiger partial charge is 0.164 e. The Morgan fingerprint density at radius 3 is 2.69 bits per heavy atom. The van der Waals surface area contributed by atoms with Crippen molar-refractivity contribution in [2.45, 2.75) is 56.1 Å². The zero-order valence-electron chi connectivity index (χ0n) is 17.1. The maximum Gasteiger partial charge on any atom is 0.164 e. The summed E-state index contributed by atoms with van der Waals surface area (Å²) in [6, 6.07) is 0.932. The lowest BCUT2D eigenvalue weighted by molar-refractivity contribution is -0.210. The zero-order valence-corrected chi connectivity index (χ0v) is 20.0. The van der Waals surface area contributed by atoms with Gasteiger partial charge in [0.15, 0.2) is 5.82 Å². The van der Waals surface area contributed by atoms with Gasteiger partial charge in [0, 0.05) is 18.3 Å². The van der Waals surface area contributed by atoms with E-state index < -0.39 is 37.1 Å². The van der Waals surface area contributed by atoms with Gasteiger partial charge in [-0.05, 0) is 48.4 Å². The van der Waals surface area contributed by atoms with Crippen LogP contribution in [0.5, 0.6) is 0 Å². The van der Waals surface area contributed by atoms with Crippen LogP contribution in [0.1, 0.15) is 48.2 Å². The van der Waals surface area contributed by atoms with Crippen LogP contribution in [0.25, 0.3) is 5.69 Å². The third-order valence-electron chi connectivity index (χ3n) is 5.82. The normalized spacial score (nSPS) is 28.2. The fourth-order valence-electron chi connectivity index (χ4n) is 4.18. The summed E-state index contributed by atoms with van der Waals surface area (Å²) in [5.41, 5.74) is 1.55. The predicted molar refractivity (Wildman–Crippen MR) is 122 cm³/mol. The van der Waals surface area contributed by atoms with Crippen LogP contribution in [-0.2, 0) is 4.74 Å². The molecule has 0 spiro atoms. The first-order valence-corrected chi connectivity index (χ1v) is 11.7. The molecular formula is C20H22ClIN6O4. The van der Waals surface area contributed by atoms with Gasteiger partial charge in [-0.15, -0.1) is 0 Å². The van der Waals surface area contributed by atoms with Crippen LogP contribution in [0.15, 0.2) is 24.7 Å². The molecule has 4 heterocycles. The number of halogens is 2. The van der Waals surface area contributed by atoms with Crippen LogP contribution in [0.2, 0.25) is 5.02 Å². The van der Waals surface area contributed by atoms with Gasteiger partial charge in [0.05, 0.1) is 32.8 Å². The number of hydrogen-bond acceptors (Lipinski definition) is 8. The summed E-state index contributed by atoms with van der Waals surface area (Å²) in [7, 11) is 0. The predicted octanol–water partition coefficient (Wildman–Crippen LogP) is 1.70. The summed E-state index contributed by atoms with van der Waals surface area (Å²) in [5, 5.41) is 41.2. The van der Waals surface area contributed by atoms with Crippen LogP contribution < -0.4 is 0 Å². The number of rotatable bonds is 5. The van der Waals surface area contributed by atoms with Gasteiger partial charge in [0.25, 0.3) is 0 Å². The molecule has 3 N–H and O–H groups in total. The minimum absolute atomic E-state index is 0.322. The van der Waals surface area contributed by atoms with Gasteiger partial charge in [0.1, 0.15) is 36.3 Å². The Labute approximate surface area is 202 Å². The molecule has 0 radical (unpaired) electrons. The Kier molecular flexibility index (Phi) is 5.97. The third-order valence-corrected chi connectivity index (χ3v) is 6.58. The SMILES string of the molecule is Cc1nc([C@@H]2OC(CO)[C@H](O)[C@H](n3cc(I)cn3)C2O)n(-c2cc(Cl)cnc2C2CC2)n1. The molecular weight excluding hydrogens is 551 g/mol. The van der Waals surface area contributed by atoms with Crippen LogP contribution in [-0.4, -0.2) is 69.8 Å². The summed E-state index contributed by atoms with van der Waals surface area (Å²) in [6.45, 7) is 1.31. The molecule has 10 nitrogen and oxygen atoms in total.